The van der Waals surface area contributed by atoms with Crippen molar-refractivity contribution in [3.8, 4) is 0 Å². The average molecular weight is 261 g/mol. The van der Waals surface area contributed by atoms with Gasteiger partial charge in [-0.25, -0.2) is 0 Å². The minimum atomic E-state index is 0.578. The number of nitrogens with two attached hydrogens (primary N) is 1. The van der Waals surface area contributed by atoms with Gasteiger partial charge in [-0.2, -0.15) is 0 Å². The normalized spacial score (nSPS) is 43.3. The molecule has 98 valence electrons. The summed E-state index contributed by atoms with van der Waals surface area (Å²) < 4.78 is 0. The first-order chi connectivity index (χ1) is 8.79. The average Bonchev–Trinajstić information content (AvgIpc) is 2.81. The van der Waals surface area contributed by atoms with Gasteiger partial charge in [-0.15, -0.1) is 11.3 Å². The van der Waals surface area contributed by atoms with Gasteiger partial charge in [0.1, 0.15) is 0 Å². The minimum Gasteiger partial charge on any atom is -0.330 e. The lowest BCUT2D eigenvalue weighted by Gasteiger charge is -2.59. The monoisotopic (exact) mass is 261 g/mol. The lowest BCUT2D eigenvalue weighted by Crippen LogP contribution is -2.50. The first-order valence-corrected chi connectivity index (χ1v) is 8.40. The second-order valence-corrected chi connectivity index (χ2v) is 8.06. The second kappa shape index (κ2) is 4.08. The molecule has 0 amide bonds. The maximum atomic E-state index is 6.19. The molecule has 4 saturated carbocycles. The summed E-state index contributed by atoms with van der Waals surface area (Å²) in [4.78, 5) is 1.56. The quantitative estimate of drug-likeness (QED) is 0.874. The Labute approximate surface area is 114 Å². The Morgan fingerprint density at radius 3 is 2.22 bits per heavy atom. The van der Waals surface area contributed by atoms with Crippen molar-refractivity contribution in [2.24, 2.45) is 28.9 Å². The SMILES string of the molecule is NCC(c1cccs1)C12CC3CC(CC(C3)C1)C2. The van der Waals surface area contributed by atoms with E-state index in [1.807, 2.05) is 11.3 Å². The summed E-state index contributed by atoms with van der Waals surface area (Å²) in [7, 11) is 0. The molecule has 4 aliphatic rings. The van der Waals surface area contributed by atoms with Gasteiger partial charge in [0.2, 0.25) is 0 Å². The predicted molar refractivity (Wildman–Crippen MR) is 76.7 cm³/mol. The molecule has 4 aliphatic carbocycles. The zero-order valence-corrected chi connectivity index (χ0v) is 11.8. The van der Waals surface area contributed by atoms with Gasteiger partial charge in [0.15, 0.2) is 0 Å². The van der Waals surface area contributed by atoms with Crippen LogP contribution in [0.1, 0.15) is 49.3 Å². The van der Waals surface area contributed by atoms with Gasteiger partial charge in [-0.05, 0) is 73.1 Å². The summed E-state index contributed by atoms with van der Waals surface area (Å²) in [6, 6.07) is 4.52. The van der Waals surface area contributed by atoms with E-state index in [2.05, 4.69) is 17.5 Å². The van der Waals surface area contributed by atoms with Gasteiger partial charge >= 0.3 is 0 Å². The summed E-state index contributed by atoms with van der Waals surface area (Å²) in [5, 5.41) is 2.22. The van der Waals surface area contributed by atoms with E-state index >= 15 is 0 Å². The van der Waals surface area contributed by atoms with Crippen LogP contribution in [-0.4, -0.2) is 6.54 Å². The maximum absolute atomic E-state index is 6.19. The van der Waals surface area contributed by atoms with Gasteiger partial charge < -0.3 is 5.73 Å². The lowest BCUT2D eigenvalue weighted by atomic mass is 9.46. The zero-order chi connectivity index (χ0) is 12.2. The Balaban J connectivity index is 1.70. The fourth-order valence-electron chi connectivity index (χ4n) is 5.76. The van der Waals surface area contributed by atoms with Crippen molar-refractivity contribution >= 4 is 11.3 Å². The minimum absolute atomic E-state index is 0.578. The molecule has 0 aliphatic heterocycles. The molecule has 1 heterocycles. The highest BCUT2D eigenvalue weighted by Gasteiger charge is 2.54. The largest absolute Gasteiger partial charge is 0.330 e. The molecule has 0 saturated heterocycles. The number of thiophene rings is 1. The molecule has 5 rings (SSSR count). The highest BCUT2D eigenvalue weighted by Crippen LogP contribution is 2.64. The summed E-state index contributed by atoms with van der Waals surface area (Å²) in [6.45, 7) is 0.854. The van der Waals surface area contributed by atoms with Crippen molar-refractivity contribution in [3.63, 3.8) is 0 Å². The van der Waals surface area contributed by atoms with Crippen LogP contribution in [0, 0.1) is 23.2 Å². The van der Waals surface area contributed by atoms with Crippen molar-refractivity contribution in [1.29, 1.82) is 0 Å². The summed E-state index contributed by atoms with van der Waals surface area (Å²) >= 11 is 1.92. The summed E-state index contributed by atoms with van der Waals surface area (Å²) in [5.74, 6) is 3.74. The third-order valence-corrected chi connectivity index (χ3v) is 6.93. The van der Waals surface area contributed by atoms with Gasteiger partial charge in [-0.1, -0.05) is 6.07 Å². The molecule has 0 aromatic carbocycles. The van der Waals surface area contributed by atoms with E-state index in [1.54, 1.807) is 4.88 Å². The molecule has 4 bridgehead atoms. The summed E-state index contributed by atoms with van der Waals surface area (Å²) in [6.07, 6.45) is 9.00. The van der Waals surface area contributed by atoms with Crippen molar-refractivity contribution in [2.75, 3.05) is 6.54 Å². The number of hydrogen-bond donors (Lipinski definition) is 1. The van der Waals surface area contributed by atoms with Crippen LogP contribution in [0.4, 0.5) is 0 Å². The van der Waals surface area contributed by atoms with E-state index in [0.29, 0.717) is 11.3 Å². The van der Waals surface area contributed by atoms with Gasteiger partial charge in [-0.3, -0.25) is 0 Å². The van der Waals surface area contributed by atoms with Crippen molar-refractivity contribution in [3.05, 3.63) is 22.4 Å². The van der Waals surface area contributed by atoms with Gasteiger partial charge in [0.25, 0.3) is 0 Å². The lowest BCUT2D eigenvalue weighted by molar-refractivity contribution is -0.0665. The highest BCUT2D eigenvalue weighted by molar-refractivity contribution is 7.10. The third kappa shape index (κ3) is 1.61. The Bertz CT molecular complexity index is 387. The smallest absolute Gasteiger partial charge is 0.0112 e. The van der Waals surface area contributed by atoms with E-state index < -0.39 is 0 Å². The highest BCUT2D eigenvalue weighted by atomic mass is 32.1. The van der Waals surface area contributed by atoms with Crippen molar-refractivity contribution in [2.45, 2.75) is 44.4 Å². The molecular formula is C16H23NS. The fraction of sp³-hybridized carbons (Fsp3) is 0.750. The summed E-state index contributed by atoms with van der Waals surface area (Å²) in [5.41, 5.74) is 6.77. The van der Waals surface area contributed by atoms with Crippen LogP contribution in [0.3, 0.4) is 0 Å². The van der Waals surface area contributed by atoms with Crippen LogP contribution in [0.15, 0.2) is 17.5 Å². The van der Waals surface area contributed by atoms with Crippen LogP contribution in [-0.2, 0) is 0 Å². The fourth-order valence-corrected chi connectivity index (χ4v) is 6.74. The van der Waals surface area contributed by atoms with E-state index in [1.165, 1.54) is 38.5 Å². The molecule has 4 fully saturated rings. The molecular weight excluding hydrogens is 238 g/mol. The Morgan fingerprint density at radius 1 is 1.17 bits per heavy atom. The molecule has 1 unspecified atom stereocenters. The van der Waals surface area contributed by atoms with Crippen molar-refractivity contribution in [1.82, 2.24) is 0 Å². The maximum Gasteiger partial charge on any atom is 0.0112 e. The zero-order valence-electron chi connectivity index (χ0n) is 11.0. The molecule has 1 nitrogen and oxygen atoms in total. The first kappa shape index (κ1) is 11.5. The third-order valence-electron chi connectivity index (χ3n) is 5.95. The molecule has 1 atom stereocenters. The van der Waals surface area contributed by atoms with E-state index in [4.69, 9.17) is 5.73 Å². The van der Waals surface area contributed by atoms with Crippen LogP contribution in [0.2, 0.25) is 0 Å². The first-order valence-electron chi connectivity index (χ1n) is 7.52. The molecule has 0 radical (unpaired) electrons. The van der Waals surface area contributed by atoms with Crippen LogP contribution in [0.25, 0.3) is 0 Å². The molecule has 1 aromatic rings. The van der Waals surface area contributed by atoms with Gasteiger partial charge in [0, 0.05) is 17.3 Å². The second-order valence-electron chi connectivity index (χ2n) is 7.08. The number of rotatable bonds is 3. The predicted octanol–water partition coefficient (Wildman–Crippen LogP) is 4.01. The molecule has 0 spiro atoms. The Kier molecular flexibility index (Phi) is 2.60. The van der Waals surface area contributed by atoms with Crippen LogP contribution in [0.5, 0.6) is 0 Å². The van der Waals surface area contributed by atoms with Crippen LogP contribution < -0.4 is 5.73 Å². The van der Waals surface area contributed by atoms with E-state index in [-0.39, 0.29) is 0 Å². The van der Waals surface area contributed by atoms with Crippen molar-refractivity contribution < 1.29 is 0 Å². The standard InChI is InChI=1S/C16H23NS/c17-10-14(15-2-1-3-18-15)16-7-11-4-12(8-16)6-13(5-11)9-16/h1-3,11-14H,4-10,17H2. The molecule has 2 N–H and O–H groups in total. The molecule has 18 heavy (non-hydrogen) atoms. The van der Waals surface area contributed by atoms with E-state index in [0.717, 1.165) is 24.3 Å². The van der Waals surface area contributed by atoms with E-state index in [9.17, 15) is 0 Å². The Morgan fingerprint density at radius 2 is 1.78 bits per heavy atom. The number of hydrogen-bond acceptors (Lipinski definition) is 2. The van der Waals surface area contributed by atoms with Crippen LogP contribution >= 0.6 is 11.3 Å². The molecule has 1 aromatic heterocycles. The Hall–Kier alpha value is -0.340. The van der Waals surface area contributed by atoms with Gasteiger partial charge in [0.05, 0.1) is 0 Å². The molecule has 2 heteroatoms. The topological polar surface area (TPSA) is 26.0 Å².